The maximum atomic E-state index is 5.90. The van der Waals surface area contributed by atoms with Crippen molar-refractivity contribution in [3.63, 3.8) is 0 Å². The molecule has 0 radical (unpaired) electrons. The van der Waals surface area contributed by atoms with Gasteiger partial charge in [-0.2, -0.15) is 0 Å². The minimum Gasteiger partial charge on any atom is -0.383 e. The van der Waals surface area contributed by atoms with Crippen molar-refractivity contribution >= 4 is 28.8 Å². The molecule has 0 aliphatic heterocycles. The Morgan fingerprint density at radius 3 is 2.81 bits per heavy atom. The smallest absolute Gasteiger partial charge is 0.126 e. The molecule has 0 atom stereocenters. The summed E-state index contributed by atoms with van der Waals surface area (Å²) in [7, 11) is 0. The van der Waals surface area contributed by atoms with Crippen LogP contribution in [0.15, 0.2) is 24.4 Å². The van der Waals surface area contributed by atoms with E-state index in [9.17, 15) is 0 Å². The molecule has 0 aromatic carbocycles. The molecule has 2 heterocycles. The highest BCUT2D eigenvalue weighted by molar-refractivity contribution is 7.12. The molecular formula is C12H13ClN2S. The summed E-state index contributed by atoms with van der Waals surface area (Å²) in [6.07, 6.45) is 3.46. The second-order valence-corrected chi connectivity index (χ2v) is 5.29. The number of aromatic nitrogens is 1. The van der Waals surface area contributed by atoms with Gasteiger partial charge in [-0.15, -0.1) is 11.3 Å². The molecule has 4 heteroatoms. The molecule has 0 saturated carbocycles. The highest BCUT2D eigenvalue weighted by Crippen LogP contribution is 2.23. The molecule has 2 aromatic heterocycles. The van der Waals surface area contributed by atoms with Crippen molar-refractivity contribution in [2.45, 2.75) is 19.8 Å². The van der Waals surface area contributed by atoms with E-state index in [1.807, 2.05) is 17.4 Å². The van der Waals surface area contributed by atoms with Crippen LogP contribution in [0, 0.1) is 0 Å². The van der Waals surface area contributed by atoms with Crippen LogP contribution in [0.2, 0.25) is 5.02 Å². The Morgan fingerprint density at radius 2 is 2.12 bits per heavy atom. The van der Waals surface area contributed by atoms with Crippen molar-refractivity contribution in [1.29, 1.82) is 0 Å². The molecule has 0 saturated heterocycles. The summed E-state index contributed by atoms with van der Waals surface area (Å²) < 4.78 is 0. The van der Waals surface area contributed by atoms with Gasteiger partial charge in [-0.05, 0) is 24.6 Å². The number of halogens is 1. The normalized spacial score (nSPS) is 10.6. The predicted molar refractivity (Wildman–Crippen MR) is 70.2 cm³/mol. The molecule has 2 N–H and O–H groups in total. The van der Waals surface area contributed by atoms with Crippen LogP contribution in [0.1, 0.15) is 22.2 Å². The summed E-state index contributed by atoms with van der Waals surface area (Å²) in [6.45, 7) is 2.16. The zero-order chi connectivity index (χ0) is 11.5. The molecule has 2 rings (SSSR count). The third-order valence-electron chi connectivity index (χ3n) is 2.40. The van der Waals surface area contributed by atoms with E-state index < -0.39 is 0 Å². The van der Waals surface area contributed by atoms with Crippen LogP contribution in [0.3, 0.4) is 0 Å². The first kappa shape index (κ1) is 11.4. The lowest BCUT2D eigenvalue weighted by molar-refractivity contribution is 1.18. The maximum absolute atomic E-state index is 5.90. The van der Waals surface area contributed by atoms with Crippen LogP contribution in [-0.2, 0) is 12.8 Å². The van der Waals surface area contributed by atoms with Crippen molar-refractivity contribution in [3.05, 3.63) is 44.7 Å². The van der Waals surface area contributed by atoms with Crippen molar-refractivity contribution in [3.8, 4) is 0 Å². The zero-order valence-corrected chi connectivity index (χ0v) is 10.6. The Kier molecular flexibility index (Phi) is 3.46. The lowest BCUT2D eigenvalue weighted by Crippen LogP contribution is -1.97. The number of aryl methyl sites for hydroxylation is 1. The Morgan fingerprint density at radius 1 is 1.38 bits per heavy atom. The Labute approximate surface area is 104 Å². The van der Waals surface area contributed by atoms with Gasteiger partial charge in [0.1, 0.15) is 5.82 Å². The summed E-state index contributed by atoms with van der Waals surface area (Å²) in [5.74, 6) is 0.566. The van der Waals surface area contributed by atoms with Gasteiger partial charge < -0.3 is 5.73 Å². The van der Waals surface area contributed by atoms with Crippen LogP contribution < -0.4 is 5.73 Å². The number of anilines is 1. The van der Waals surface area contributed by atoms with Gasteiger partial charge in [0.2, 0.25) is 0 Å². The van der Waals surface area contributed by atoms with Gasteiger partial charge in [-0.3, -0.25) is 0 Å². The first-order valence-corrected chi connectivity index (χ1v) is 6.36. The van der Waals surface area contributed by atoms with E-state index in [1.54, 1.807) is 6.20 Å². The quantitative estimate of drug-likeness (QED) is 0.908. The highest BCUT2D eigenvalue weighted by Gasteiger charge is 2.05. The van der Waals surface area contributed by atoms with Gasteiger partial charge in [0.15, 0.2) is 0 Å². The molecule has 16 heavy (non-hydrogen) atoms. The largest absolute Gasteiger partial charge is 0.383 e. The highest BCUT2D eigenvalue weighted by atomic mass is 35.5. The molecule has 84 valence electrons. The van der Waals surface area contributed by atoms with Crippen LogP contribution in [-0.4, -0.2) is 4.98 Å². The first-order chi connectivity index (χ1) is 7.69. The van der Waals surface area contributed by atoms with Crippen LogP contribution in [0.25, 0.3) is 0 Å². The summed E-state index contributed by atoms with van der Waals surface area (Å²) in [5.41, 5.74) is 6.81. The van der Waals surface area contributed by atoms with Crippen LogP contribution in [0.5, 0.6) is 0 Å². The van der Waals surface area contributed by atoms with Gasteiger partial charge in [0, 0.05) is 27.9 Å². The third-order valence-corrected chi connectivity index (χ3v) is 3.83. The molecule has 0 fully saturated rings. The molecular weight excluding hydrogens is 240 g/mol. The minimum absolute atomic E-state index is 0.566. The van der Waals surface area contributed by atoms with E-state index in [4.69, 9.17) is 17.3 Å². The number of nitrogens with zero attached hydrogens (tertiary/aromatic N) is 1. The van der Waals surface area contributed by atoms with Gasteiger partial charge in [-0.25, -0.2) is 4.98 Å². The van der Waals surface area contributed by atoms with Gasteiger partial charge >= 0.3 is 0 Å². The molecule has 2 nitrogen and oxygen atoms in total. The average molecular weight is 253 g/mol. The molecule has 0 bridgehead atoms. The molecule has 0 aliphatic rings. The second kappa shape index (κ2) is 4.85. The topological polar surface area (TPSA) is 38.9 Å². The molecule has 0 aliphatic carbocycles. The fraction of sp³-hybridized carbons (Fsp3) is 0.250. The summed E-state index contributed by atoms with van der Waals surface area (Å²) in [5, 5.41) is 0.636. The fourth-order valence-electron chi connectivity index (χ4n) is 1.53. The van der Waals surface area contributed by atoms with Crippen molar-refractivity contribution in [1.82, 2.24) is 4.98 Å². The van der Waals surface area contributed by atoms with Crippen LogP contribution >= 0.6 is 22.9 Å². The number of nitrogen functional groups attached to an aromatic ring is 1. The van der Waals surface area contributed by atoms with Crippen molar-refractivity contribution in [2.75, 3.05) is 5.73 Å². The van der Waals surface area contributed by atoms with E-state index in [0.29, 0.717) is 10.8 Å². The van der Waals surface area contributed by atoms with Crippen molar-refractivity contribution in [2.24, 2.45) is 0 Å². The Hall–Kier alpha value is -1.06. The van der Waals surface area contributed by atoms with Gasteiger partial charge in [0.25, 0.3) is 0 Å². The fourth-order valence-corrected chi connectivity index (χ4v) is 2.69. The molecule has 0 unspecified atom stereocenters. The summed E-state index contributed by atoms with van der Waals surface area (Å²) >= 11 is 7.72. The van der Waals surface area contributed by atoms with Crippen LogP contribution in [0.4, 0.5) is 5.82 Å². The molecule has 0 amide bonds. The number of pyridine rings is 1. The van der Waals surface area contributed by atoms with E-state index in [1.165, 1.54) is 9.75 Å². The molecule has 0 spiro atoms. The SMILES string of the molecule is CCc1ccc(Cc2cc(Cl)cnc2N)s1. The van der Waals surface area contributed by atoms with E-state index in [0.717, 1.165) is 18.4 Å². The Balaban J connectivity index is 2.22. The van der Waals surface area contributed by atoms with E-state index in [-0.39, 0.29) is 0 Å². The average Bonchev–Trinajstić information content (AvgIpc) is 2.71. The third kappa shape index (κ3) is 2.54. The first-order valence-electron chi connectivity index (χ1n) is 5.16. The standard InChI is InChI=1S/C12H13ClN2S/c1-2-10-3-4-11(16-10)6-8-5-9(13)7-15-12(8)14/h3-5,7H,2,6H2,1H3,(H2,14,15). The predicted octanol–water partition coefficient (Wildman–Crippen LogP) is 3.53. The number of rotatable bonds is 3. The van der Waals surface area contributed by atoms with Crippen molar-refractivity contribution < 1.29 is 0 Å². The molecule has 2 aromatic rings. The van der Waals surface area contributed by atoms with Gasteiger partial charge in [0.05, 0.1) is 5.02 Å². The van der Waals surface area contributed by atoms with E-state index >= 15 is 0 Å². The number of nitrogens with two attached hydrogens (primary N) is 1. The Bertz CT molecular complexity index is 494. The lowest BCUT2D eigenvalue weighted by Gasteiger charge is -2.03. The number of hydrogen-bond donors (Lipinski definition) is 1. The number of hydrogen-bond acceptors (Lipinski definition) is 3. The second-order valence-electron chi connectivity index (χ2n) is 3.60. The van der Waals surface area contributed by atoms with Gasteiger partial charge in [-0.1, -0.05) is 18.5 Å². The van der Waals surface area contributed by atoms with E-state index in [2.05, 4.69) is 24.0 Å². The lowest BCUT2D eigenvalue weighted by atomic mass is 10.1. The monoisotopic (exact) mass is 252 g/mol. The summed E-state index contributed by atoms with van der Waals surface area (Å²) in [4.78, 5) is 6.74. The number of thiophene rings is 1. The summed E-state index contributed by atoms with van der Waals surface area (Å²) in [6, 6.07) is 6.19. The minimum atomic E-state index is 0.566. The maximum Gasteiger partial charge on any atom is 0.126 e. The zero-order valence-electron chi connectivity index (χ0n) is 9.03.